The largest absolute Gasteiger partial charge is 0.348 e. The van der Waals surface area contributed by atoms with Crippen LogP contribution in [-0.4, -0.2) is 15.7 Å². The Morgan fingerprint density at radius 1 is 1.07 bits per heavy atom. The summed E-state index contributed by atoms with van der Waals surface area (Å²) in [5, 5.41) is 8.84. The number of carbonyl (C=O) groups is 1. The number of nitrogens with one attached hydrogen (secondary N) is 1. The lowest BCUT2D eigenvalue weighted by Gasteiger charge is -2.08. The van der Waals surface area contributed by atoms with Gasteiger partial charge >= 0.3 is 0 Å². The lowest BCUT2D eigenvalue weighted by molar-refractivity contribution is 0.0951. The molecule has 0 unspecified atom stereocenters. The van der Waals surface area contributed by atoms with E-state index < -0.39 is 0 Å². The second-order valence-corrected chi connectivity index (χ2v) is 6.88. The number of nitrogens with zero attached hydrogens (tertiary/aromatic N) is 2. The molecule has 1 N–H and O–H groups in total. The molecule has 140 valence electrons. The maximum absolute atomic E-state index is 13.1. The van der Waals surface area contributed by atoms with E-state index in [0.717, 1.165) is 22.0 Å². The Kier molecular flexibility index (Phi) is 5.08. The molecule has 1 aromatic heterocycles. The van der Waals surface area contributed by atoms with Gasteiger partial charge in [0.2, 0.25) is 0 Å². The number of rotatable bonds is 5. The number of aromatic nitrogens is 2. The number of carbonyl (C=O) groups excluding carboxylic acids is 1. The predicted octanol–water partition coefficient (Wildman–Crippen LogP) is 4.81. The van der Waals surface area contributed by atoms with Gasteiger partial charge in [-0.25, -0.2) is 4.39 Å². The Balaban J connectivity index is 1.54. The first-order valence-corrected chi connectivity index (χ1v) is 9.19. The topological polar surface area (TPSA) is 46.9 Å². The summed E-state index contributed by atoms with van der Waals surface area (Å²) in [6, 6.07) is 19.2. The Hall–Kier alpha value is -3.18. The highest BCUT2D eigenvalue weighted by molar-refractivity contribution is 6.31. The van der Waals surface area contributed by atoms with Gasteiger partial charge in [0.25, 0.3) is 5.91 Å². The summed E-state index contributed by atoms with van der Waals surface area (Å²) in [6.45, 7) is 0.847. The third kappa shape index (κ3) is 3.89. The van der Waals surface area contributed by atoms with Crippen LogP contribution in [0.5, 0.6) is 0 Å². The van der Waals surface area contributed by atoms with Crippen molar-refractivity contribution in [3.05, 3.63) is 100 Å². The summed E-state index contributed by atoms with van der Waals surface area (Å²) in [7, 11) is 0. The van der Waals surface area contributed by atoms with Gasteiger partial charge in [0.05, 0.1) is 18.3 Å². The van der Waals surface area contributed by atoms with E-state index in [0.29, 0.717) is 23.7 Å². The van der Waals surface area contributed by atoms with Crippen LogP contribution in [0.2, 0.25) is 5.02 Å². The molecular weight excluding hydrogens is 377 g/mol. The molecule has 0 aliphatic heterocycles. The number of amides is 1. The standard InChI is InChI=1S/C22H17ClFN3O/c23-20-4-2-1-3-17(20)12-25-22(28)16-7-8-18-13-26-27(21(18)11-16)14-15-5-9-19(24)10-6-15/h1-11,13H,12,14H2,(H,25,28). The molecule has 0 bridgehead atoms. The van der Waals surface area contributed by atoms with Crippen molar-refractivity contribution in [2.24, 2.45) is 0 Å². The van der Waals surface area contributed by atoms with Gasteiger partial charge < -0.3 is 5.32 Å². The first-order chi connectivity index (χ1) is 13.6. The molecule has 3 aromatic carbocycles. The van der Waals surface area contributed by atoms with Crippen LogP contribution in [0.3, 0.4) is 0 Å². The minimum atomic E-state index is -0.272. The fourth-order valence-electron chi connectivity index (χ4n) is 3.02. The van der Waals surface area contributed by atoms with Crippen molar-refractivity contribution in [3.8, 4) is 0 Å². The molecular formula is C22H17ClFN3O. The number of hydrogen-bond donors (Lipinski definition) is 1. The summed E-state index contributed by atoms with van der Waals surface area (Å²) in [5.74, 6) is -0.456. The average Bonchev–Trinajstić information content (AvgIpc) is 3.11. The van der Waals surface area contributed by atoms with Gasteiger partial charge in [0.15, 0.2) is 0 Å². The van der Waals surface area contributed by atoms with Crippen LogP contribution in [0.25, 0.3) is 10.9 Å². The Morgan fingerprint density at radius 2 is 1.86 bits per heavy atom. The molecule has 0 spiro atoms. The molecule has 6 heteroatoms. The van der Waals surface area contributed by atoms with Crippen LogP contribution in [0.4, 0.5) is 4.39 Å². The molecule has 4 aromatic rings. The monoisotopic (exact) mass is 393 g/mol. The van der Waals surface area contributed by atoms with Crippen molar-refractivity contribution < 1.29 is 9.18 Å². The number of benzene rings is 3. The smallest absolute Gasteiger partial charge is 0.251 e. The second-order valence-electron chi connectivity index (χ2n) is 6.48. The van der Waals surface area contributed by atoms with E-state index >= 15 is 0 Å². The molecule has 0 saturated heterocycles. The maximum Gasteiger partial charge on any atom is 0.251 e. The SMILES string of the molecule is O=C(NCc1ccccc1Cl)c1ccc2cnn(Cc3ccc(F)cc3)c2c1. The molecule has 1 amide bonds. The number of fused-ring (bicyclic) bond motifs is 1. The van der Waals surface area contributed by atoms with E-state index in [4.69, 9.17) is 11.6 Å². The zero-order valence-corrected chi connectivity index (χ0v) is 15.7. The first-order valence-electron chi connectivity index (χ1n) is 8.82. The van der Waals surface area contributed by atoms with Crippen LogP contribution in [0, 0.1) is 5.82 Å². The molecule has 0 radical (unpaired) electrons. The van der Waals surface area contributed by atoms with Crippen molar-refractivity contribution in [3.63, 3.8) is 0 Å². The first kappa shape index (κ1) is 18.2. The molecule has 0 aliphatic carbocycles. The summed E-state index contributed by atoms with van der Waals surface area (Å²) < 4.78 is 14.9. The number of hydrogen-bond acceptors (Lipinski definition) is 2. The van der Waals surface area contributed by atoms with Crippen molar-refractivity contribution in [2.75, 3.05) is 0 Å². The highest BCUT2D eigenvalue weighted by Crippen LogP contribution is 2.18. The molecule has 0 fully saturated rings. The van der Waals surface area contributed by atoms with Gasteiger partial charge in [-0.05, 0) is 41.5 Å². The minimum Gasteiger partial charge on any atom is -0.348 e. The van der Waals surface area contributed by atoms with Gasteiger partial charge in [-0.3, -0.25) is 9.48 Å². The van der Waals surface area contributed by atoms with Crippen molar-refractivity contribution in [1.82, 2.24) is 15.1 Å². The van der Waals surface area contributed by atoms with Gasteiger partial charge in [-0.15, -0.1) is 0 Å². The molecule has 4 rings (SSSR count). The van der Waals surface area contributed by atoms with Crippen LogP contribution >= 0.6 is 11.6 Å². The Bertz CT molecular complexity index is 1140. The fourth-order valence-corrected chi connectivity index (χ4v) is 3.22. The summed E-state index contributed by atoms with van der Waals surface area (Å²) >= 11 is 6.14. The van der Waals surface area contributed by atoms with E-state index in [1.54, 1.807) is 35.1 Å². The highest BCUT2D eigenvalue weighted by atomic mass is 35.5. The van der Waals surface area contributed by atoms with E-state index in [1.165, 1.54) is 12.1 Å². The van der Waals surface area contributed by atoms with E-state index in [9.17, 15) is 9.18 Å². The van der Waals surface area contributed by atoms with E-state index in [-0.39, 0.29) is 11.7 Å². The average molecular weight is 394 g/mol. The van der Waals surface area contributed by atoms with Gasteiger partial charge in [-0.2, -0.15) is 5.10 Å². The molecule has 0 atom stereocenters. The molecule has 4 nitrogen and oxygen atoms in total. The molecule has 0 saturated carbocycles. The van der Waals surface area contributed by atoms with Gasteiger partial charge in [0.1, 0.15) is 5.82 Å². The molecule has 0 aliphatic rings. The third-order valence-electron chi connectivity index (χ3n) is 4.55. The predicted molar refractivity (Wildman–Crippen MR) is 108 cm³/mol. The van der Waals surface area contributed by atoms with Crippen LogP contribution < -0.4 is 5.32 Å². The van der Waals surface area contributed by atoms with Gasteiger partial charge in [0, 0.05) is 22.5 Å². The minimum absolute atomic E-state index is 0.184. The number of halogens is 2. The van der Waals surface area contributed by atoms with Crippen molar-refractivity contribution in [1.29, 1.82) is 0 Å². The van der Waals surface area contributed by atoms with Crippen molar-refractivity contribution in [2.45, 2.75) is 13.1 Å². The van der Waals surface area contributed by atoms with E-state index in [2.05, 4.69) is 10.4 Å². The summed E-state index contributed by atoms with van der Waals surface area (Å²) in [4.78, 5) is 12.6. The van der Waals surface area contributed by atoms with Crippen LogP contribution in [0.1, 0.15) is 21.5 Å². The zero-order valence-electron chi connectivity index (χ0n) is 14.9. The van der Waals surface area contributed by atoms with Crippen LogP contribution in [0.15, 0.2) is 72.9 Å². The normalized spacial score (nSPS) is 10.9. The Labute approximate surface area is 166 Å². The molecule has 1 heterocycles. The highest BCUT2D eigenvalue weighted by Gasteiger charge is 2.10. The van der Waals surface area contributed by atoms with Crippen LogP contribution in [-0.2, 0) is 13.1 Å². The fraction of sp³-hybridized carbons (Fsp3) is 0.0909. The zero-order chi connectivity index (χ0) is 19.5. The van der Waals surface area contributed by atoms with Gasteiger partial charge in [-0.1, -0.05) is 48.0 Å². The van der Waals surface area contributed by atoms with Crippen molar-refractivity contribution >= 4 is 28.4 Å². The Morgan fingerprint density at radius 3 is 2.64 bits per heavy atom. The quantitative estimate of drug-likeness (QED) is 0.529. The van der Waals surface area contributed by atoms with E-state index in [1.807, 2.05) is 30.3 Å². The summed E-state index contributed by atoms with van der Waals surface area (Å²) in [6.07, 6.45) is 1.75. The molecule has 28 heavy (non-hydrogen) atoms. The lowest BCUT2D eigenvalue weighted by Crippen LogP contribution is -2.23. The maximum atomic E-state index is 13.1. The second kappa shape index (κ2) is 7.82. The third-order valence-corrected chi connectivity index (χ3v) is 4.92. The summed E-state index contributed by atoms with van der Waals surface area (Å²) in [5.41, 5.74) is 3.18. The lowest BCUT2D eigenvalue weighted by atomic mass is 10.1.